The van der Waals surface area contributed by atoms with Crippen molar-refractivity contribution in [2.45, 2.75) is 26.7 Å². The molecule has 4 heteroatoms. The standard InChI is InChI=1S/C16H27NO3/c1-13(2)7-9-19-10-11-20-16-12-14(6-8-17)4-5-15(16)18-3/h4-5,12-13H,6-11,17H2,1-3H3. The molecule has 0 aromatic heterocycles. The Labute approximate surface area is 122 Å². The Balaban J connectivity index is 2.39. The fraction of sp³-hybridized carbons (Fsp3) is 0.625. The van der Waals surface area contributed by atoms with Gasteiger partial charge >= 0.3 is 0 Å². The van der Waals surface area contributed by atoms with Crippen molar-refractivity contribution in [3.8, 4) is 11.5 Å². The third-order valence-electron chi connectivity index (χ3n) is 2.99. The minimum Gasteiger partial charge on any atom is -0.493 e. The van der Waals surface area contributed by atoms with Gasteiger partial charge in [-0.3, -0.25) is 0 Å². The van der Waals surface area contributed by atoms with Gasteiger partial charge in [-0.1, -0.05) is 19.9 Å². The van der Waals surface area contributed by atoms with E-state index in [1.165, 1.54) is 0 Å². The SMILES string of the molecule is COc1ccc(CCN)cc1OCCOCCC(C)C. The van der Waals surface area contributed by atoms with Crippen molar-refractivity contribution in [1.29, 1.82) is 0 Å². The summed E-state index contributed by atoms with van der Waals surface area (Å²) < 4.78 is 16.6. The molecule has 114 valence electrons. The highest BCUT2D eigenvalue weighted by Gasteiger charge is 2.05. The van der Waals surface area contributed by atoms with Crippen LogP contribution in [0.1, 0.15) is 25.8 Å². The number of methoxy groups -OCH3 is 1. The van der Waals surface area contributed by atoms with Crippen LogP contribution in [-0.2, 0) is 11.2 Å². The van der Waals surface area contributed by atoms with Crippen LogP contribution in [-0.4, -0.2) is 33.5 Å². The van der Waals surface area contributed by atoms with Gasteiger partial charge in [0, 0.05) is 6.61 Å². The van der Waals surface area contributed by atoms with E-state index in [4.69, 9.17) is 19.9 Å². The Morgan fingerprint density at radius 1 is 1.10 bits per heavy atom. The second kappa shape index (κ2) is 9.61. The molecule has 0 aliphatic rings. The maximum Gasteiger partial charge on any atom is 0.161 e. The van der Waals surface area contributed by atoms with Gasteiger partial charge in [0.15, 0.2) is 11.5 Å². The van der Waals surface area contributed by atoms with E-state index in [0.29, 0.717) is 25.7 Å². The Kier molecular flexibility index (Phi) is 8.07. The third kappa shape index (κ3) is 6.26. The van der Waals surface area contributed by atoms with E-state index in [1.807, 2.05) is 18.2 Å². The molecule has 0 saturated heterocycles. The van der Waals surface area contributed by atoms with Crippen LogP contribution in [0.5, 0.6) is 11.5 Å². The second-order valence-electron chi connectivity index (χ2n) is 5.17. The topological polar surface area (TPSA) is 53.7 Å². The van der Waals surface area contributed by atoms with Crippen LogP contribution >= 0.6 is 0 Å². The fourth-order valence-corrected chi connectivity index (χ4v) is 1.79. The Bertz CT molecular complexity index is 380. The first-order chi connectivity index (χ1) is 9.67. The summed E-state index contributed by atoms with van der Waals surface area (Å²) in [5, 5.41) is 0. The summed E-state index contributed by atoms with van der Waals surface area (Å²) in [5.74, 6) is 2.17. The lowest BCUT2D eigenvalue weighted by molar-refractivity contribution is 0.0916. The normalized spacial score (nSPS) is 10.8. The molecule has 0 atom stereocenters. The molecule has 0 amide bonds. The van der Waals surface area contributed by atoms with Gasteiger partial charge < -0.3 is 19.9 Å². The maximum absolute atomic E-state index is 5.73. The number of nitrogens with two attached hydrogens (primary N) is 1. The monoisotopic (exact) mass is 281 g/mol. The molecule has 0 heterocycles. The number of rotatable bonds is 10. The highest BCUT2D eigenvalue weighted by Crippen LogP contribution is 2.28. The molecule has 4 nitrogen and oxygen atoms in total. The zero-order valence-electron chi connectivity index (χ0n) is 12.9. The lowest BCUT2D eigenvalue weighted by Gasteiger charge is -2.12. The zero-order chi connectivity index (χ0) is 14.8. The van der Waals surface area contributed by atoms with Crippen LogP contribution in [0.4, 0.5) is 0 Å². The molecule has 0 unspecified atom stereocenters. The average Bonchev–Trinajstić information content (AvgIpc) is 2.43. The van der Waals surface area contributed by atoms with E-state index >= 15 is 0 Å². The average molecular weight is 281 g/mol. The van der Waals surface area contributed by atoms with Gasteiger partial charge in [0.1, 0.15) is 6.61 Å². The summed E-state index contributed by atoms with van der Waals surface area (Å²) in [7, 11) is 1.64. The predicted molar refractivity (Wildman–Crippen MR) is 81.5 cm³/mol. The van der Waals surface area contributed by atoms with Crippen molar-refractivity contribution >= 4 is 0 Å². The maximum atomic E-state index is 5.73. The lowest BCUT2D eigenvalue weighted by atomic mass is 10.1. The highest BCUT2D eigenvalue weighted by atomic mass is 16.5. The van der Waals surface area contributed by atoms with Crippen molar-refractivity contribution < 1.29 is 14.2 Å². The molecule has 2 N–H and O–H groups in total. The number of hydrogen-bond acceptors (Lipinski definition) is 4. The molecule has 0 bridgehead atoms. The molecule has 1 aromatic rings. The quantitative estimate of drug-likeness (QED) is 0.670. The number of benzene rings is 1. The highest BCUT2D eigenvalue weighted by molar-refractivity contribution is 5.43. The van der Waals surface area contributed by atoms with Crippen LogP contribution in [0.25, 0.3) is 0 Å². The van der Waals surface area contributed by atoms with Crippen LogP contribution in [0.2, 0.25) is 0 Å². The summed E-state index contributed by atoms with van der Waals surface area (Å²) in [4.78, 5) is 0. The molecule has 0 fully saturated rings. The first kappa shape index (κ1) is 16.8. The molecule has 1 aromatic carbocycles. The zero-order valence-corrected chi connectivity index (χ0v) is 12.9. The Morgan fingerprint density at radius 2 is 1.90 bits per heavy atom. The van der Waals surface area contributed by atoms with Gasteiger partial charge in [0.05, 0.1) is 13.7 Å². The van der Waals surface area contributed by atoms with Gasteiger partial charge in [-0.05, 0) is 43.0 Å². The molecule has 0 saturated carbocycles. The van der Waals surface area contributed by atoms with Gasteiger partial charge in [0.2, 0.25) is 0 Å². The van der Waals surface area contributed by atoms with Gasteiger partial charge in [-0.25, -0.2) is 0 Å². The Hall–Kier alpha value is -1.26. The molecular weight excluding hydrogens is 254 g/mol. The van der Waals surface area contributed by atoms with Crippen molar-refractivity contribution in [3.63, 3.8) is 0 Å². The smallest absolute Gasteiger partial charge is 0.161 e. The van der Waals surface area contributed by atoms with Gasteiger partial charge in [-0.15, -0.1) is 0 Å². The summed E-state index contributed by atoms with van der Waals surface area (Å²) in [5.41, 5.74) is 6.72. The molecule has 0 radical (unpaired) electrons. The van der Waals surface area contributed by atoms with E-state index in [1.54, 1.807) is 7.11 Å². The van der Waals surface area contributed by atoms with E-state index < -0.39 is 0 Å². The summed E-state index contributed by atoms with van der Waals surface area (Å²) in [6, 6.07) is 5.91. The fourth-order valence-electron chi connectivity index (χ4n) is 1.79. The van der Waals surface area contributed by atoms with Crippen LogP contribution in [0.15, 0.2) is 18.2 Å². The largest absolute Gasteiger partial charge is 0.493 e. The number of hydrogen-bond donors (Lipinski definition) is 1. The summed E-state index contributed by atoms with van der Waals surface area (Å²) >= 11 is 0. The van der Waals surface area contributed by atoms with Crippen LogP contribution < -0.4 is 15.2 Å². The second-order valence-corrected chi connectivity index (χ2v) is 5.17. The molecule has 0 aliphatic heterocycles. The number of ether oxygens (including phenoxy) is 3. The van der Waals surface area contributed by atoms with E-state index in [0.717, 1.165) is 36.5 Å². The summed E-state index contributed by atoms with van der Waals surface area (Å²) in [6.45, 7) is 6.91. The van der Waals surface area contributed by atoms with Gasteiger partial charge in [-0.2, -0.15) is 0 Å². The predicted octanol–water partition coefficient (Wildman–Crippen LogP) is 2.64. The third-order valence-corrected chi connectivity index (χ3v) is 2.99. The van der Waals surface area contributed by atoms with Crippen LogP contribution in [0.3, 0.4) is 0 Å². The van der Waals surface area contributed by atoms with E-state index in [9.17, 15) is 0 Å². The van der Waals surface area contributed by atoms with Crippen LogP contribution in [0, 0.1) is 5.92 Å². The molecule has 1 rings (SSSR count). The minimum absolute atomic E-state index is 0.528. The molecule has 0 aliphatic carbocycles. The van der Waals surface area contributed by atoms with Crippen molar-refractivity contribution in [1.82, 2.24) is 0 Å². The van der Waals surface area contributed by atoms with Crippen molar-refractivity contribution in [3.05, 3.63) is 23.8 Å². The molecule has 0 spiro atoms. The van der Waals surface area contributed by atoms with E-state index in [-0.39, 0.29) is 0 Å². The first-order valence-electron chi connectivity index (χ1n) is 7.25. The van der Waals surface area contributed by atoms with Gasteiger partial charge in [0.25, 0.3) is 0 Å². The molecular formula is C16H27NO3. The van der Waals surface area contributed by atoms with E-state index in [2.05, 4.69) is 13.8 Å². The first-order valence-corrected chi connectivity index (χ1v) is 7.25. The summed E-state index contributed by atoms with van der Waals surface area (Å²) in [6.07, 6.45) is 1.92. The lowest BCUT2D eigenvalue weighted by Crippen LogP contribution is -2.09. The van der Waals surface area contributed by atoms with Crippen molar-refractivity contribution in [2.75, 3.05) is 33.5 Å². The Morgan fingerprint density at radius 3 is 2.55 bits per heavy atom. The minimum atomic E-state index is 0.528. The molecule has 20 heavy (non-hydrogen) atoms. The van der Waals surface area contributed by atoms with Crippen molar-refractivity contribution in [2.24, 2.45) is 11.7 Å².